The van der Waals surface area contributed by atoms with Crippen LogP contribution in [-0.2, 0) is 4.79 Å². The zero-order valence-corrected chi connectivity index (χ0v) is 8.99. The molecule has 0 aliphatic carbocycles. The number of nitrogens with zero attached hydrogens (tertiary/aromatic N) is 1. The fraction of sp³-hybridized carbons (Fsp3) is 0.900. The highest BCUT2D eigenvalue weighted by molar-refractivity contribution is 5.67. The van der Waals surface area contributed by atoms with Crippen molar-refractivity contribution in [1.29, 1.82) is 0 Å². The van der Waals surface area contributed by atoms with Gasteiger partial charge in [0.1, 0.15) is 0 Å². The van der Waals surface area contributed by atoms with Gasteiger partial charge in [-0.25, -0.2) is 0 Å². The SMILES string of the molecule is CC1CN(C)CCC1(CN)CC(=O)O. The predicted octanol–water partition coefficient (Wildman–Crippen LogP) is 0.378. The van der Waals surface area contributed by atoms with E-state index in [1.54, 1.807) is 0 Å². The van der Waals surface area contributed by atoms with Crippen molar-refractivity contribution in [3.8, 4) is 0 Å². The molecule has 14 heavy (non-hydrogen) atoms. The van der Waals surface area contributed by atoms with E-state index in [-0.39, 0.29) is 11.8 Å². The summed E-state index contributed by atoms with van der Waals surface area (Å²) in [6, 6.07) is 0. The lowest BCUT2D eigenvalue weighted by Gasteiger charge is -2.44. The molecular formula is C10H20N2O2. The molecule has 1 fully saturated rings. The minimum Gasteiger partial charge on any atom is -0.481 e. The molecule has 0 amide bonds. The summed E-state index contributed by atoms with van der Waals surface area (Å²) in [6.45, 7) is 4.49. The molecule has 0 bridgehead atoms. The van der Waals surface area contributed by atoms with Crippen LogP contribution in [0.1, 0.15) is 19.8 Å². The van der Waals surface area contributed by atoms with E-state index < -0.39 is 5.97 Å². The van der Waals surface area contributed by atoms with E-state index in [4.69, 9.17) is 10.8 Å². The first-order valence-electron chi connectivity index (χ1n) is 5.10. The molecule has 0 aromatic heterocycles. The summed E-state index contributed by atoms with van der Waals surface area (Å²) >= 11 is 0. The predicted molar refractivity (Wildman–Crippen MR) is 55.0 cm³/mol. The van der Waals surface area contributed by atoms with Crippen LogP contribution in [0.5, 0.6) is 0 Å². The maximum absolute atomic E-state index is 10.8. The molecule has 1 rings (SSSR count). The van der Waals surface area contributed by atoms with Crippen molar-refractivity contribution < 1.29 is 9.90 Å². The molecule has 2 unspecified atom stereocenters. The van der Waals surface area contributed by atoms with Crippen molar-refractivity contribution in [2.24, 2.45) is 17.1 Å². The van der Waals surface area contributed by atoms with E-state index in [1.165, 1.54) is 0 Å². The highest BCUT2D eigenvalue weighted by Gasteiger charge is 2.40. The molecule has 0 spiro atoms. The van der Waals surface area contributed by atoms with Crippen LogP contribution in [-0.4, -0.2) is 42.7 Å². The van der Waals surface area contributed by atoms with Crippen LogP contribution in [0.2, 0.25) is 0 Å². The van der Waals surface area contributed by atoms with Crippen LogP contribution in [0.25, 0.3) is 0 Å². The monoisotopic (exact) mass is 200 g/mol. The summed E-state index contributed by atoms with van der Waals surface area (Å²) in [5, 5.41) is 8.88. The summed E-state index contributed by atoms with van der Waals surface area (Å²) in [5.74, 6) is -0.366. The molecule has 1 aliphatic heterocycles. The smallest absolute Gasteiger partial charge is 0.303 e. The second-order valence-corrected chi connectivity index (χ2v) is 4.55. The number of carboxylic acid groups (broad SMARTS) is 1. The van der Waals surface area contributed by atoms with Crippen LogP contribution in [0.15, 0.2) is 0 Å². The third kappa shape index (κ3) is 2.25. The number of nitrogens with two attached hydrogens (primary N) is 1. The molecule has 82 valence electrons. The fourth-order valence-electron chi connectivity index (χ4n) is 2.35. The highest BCUT2D eigenvalue weighted by atomic mass is 16.4. The minimum atomic E-state index is -0.730. The third-order valence-corrected chi connectivity index (χ3v) is 3.53. The van der Waals surface area contributed by atoms with Crippen molar-refractivity contribution in [3.05, 3.63) is 0 Å². The number of aliphatic carboxylic acids is 1. The standard InChI is InChI=1S/C10H20N2O2/c1-8-6-12(2)4-3-10(8,7-11)5-9(13)14/h8H,3-7,11H2,1-2H3,(H,13,14). The molecular weight excluding hydrogens is 180 g/mol. The second kappa shape index (κ2) is 4.28. The molecule has 0 aromatic rings. The van der Waals surface area contributed by atoms with Crippen molar-refractivity contribution in [3.63, 3.8) is 0 Å². The Kier molecular flexibility index (Phi) is 3.50. The van der Waals surface area contributed by atoms with Gasteiger partial charge in [0, 0.05) is 6.54 Å². The largest absolute Gasteiger partial charge is 0.481 e. The molecule has 1 saturated heterocycles. The maximum Gasteiger partial charge on any atom is 0.303 e. The first-order valence-corrected chi connectivity index (χ1v) is 5.10. The van der Waals surface area contributed by atoms with E-state index in [2.05, 4.69) is 18.9 Å². The van der Waals surface area contributed by atoms with Gasteiger partial charge in [0.05, 0.1) is 6.42 Å². The zero-order valence-electron chi connectivity index (χ0n) is 8.99. The lowest BCUT2D eigenvalue weighted by molar-refractivity contribution is -0.141. The van der Waals surface area contributed by atoms with E-state index in [0.717, 1.165) is 19.5 Å². The quantitative estimate of drug-likeness (QED) is 0.691. The Labute approximate surface area is 85.1 Å². The Morgan fingerprint density at radius 3 is 2.79 bits per heavy atom. The molecule has 4 nitrogen and oxygen atoms in total. The average Bonchev–Trinajstić information content (AvgIpc) is 2.10. The summed E-state index contributed by atoms with van der Waals surface area (Å²) in [7, 11) is 2.07. The molecule has 2 atom stereocenters. The van der Waals surface area contributed by atoms with Crippen molar-refractivity contribution in [1.82, 2.24) is 4.90 Å². The van der Waals surface area contributed by atoms with Gasteiger partial charge in [0.15, 0.2) is 0 Å². The van der Waals surface area contributed by atoms with Gasteiger partial charge in [-0.05, 0) is 37.9 Å². The van der Waals surface area contributed by atoms with Crippen molar-refractivity contribution in [2.75, 3.05) is 26.7 Å². The maximum atomic E-state index is 10.8. The molecule has 1 heterocycles. The summed E-state index contributed by atoms with van der Waals surface area (Å²) in [5.41, 5.74) is 5.56. The van der Waals surface area contributed by atoms with Crippen LogP contribution in [0.3, 0.4) is 0 Å². The van der Waals surface area contributed by atoms with Crippen LogP contribution in [0, 0.1) is 11.3 Å². The third-order valence-electron chi connectivity index (χ3n) is 3.53. The van der Waals surface area contributed by atoms with Gasteiger partial charge in [-0.15, -0.1) is 0 Å². The zero-order chi connectivity index (χ0) is 10.8. The second-order valence-electron chi connectivity index (χ2n) is 4.55. The molecule has 1 aliphatic rings. The Hall–Kier alpha value is -0.610. The Morgan fingerprint density at radius 2 is 2.36 bits per heavy atom. The van der Waals surface area contributed by atoms with Crippen LogP contribution >= 0.6 is 0 Å². The van der Waals surface area contributed by atoms with Gasteiger partial charge in [-0.3, -0.25) is 4.79 Å². The molecule has 0 aromatic carbocycles. The lowest BCUT2D eigenvalue weighted by atomic mass is 9.69. The van der Waals surface area contributed by atoms with Crippen LogP contribution in [0.4, 0.5) is 0 Å². The number of carbonyl (C=O) groups is 1. The average molecular weight is 200 g/mol. The lowest BCUT2D eigenvalue weighted by Crippen LogP contribution is -2.49. The highest BCUT2D eigenvalue weighted by Crippen LogP contribution is 2.38. The Morgan fingerprint density at radius 1 is 1.71 bits per heavy atom. The number of hydrogen-bond donors (Lipinski definition) is 2. The van der Waals surface area contributed by atoms with Gasteiger partial charge < -0.3 is 15.7 Å². The van der Waals surface area contributed by atoms with Crippen molar-refractivity contribution in [2.45, 2.75) is 19.8 Å². The number of likely N-dealkylation sites (tertiary alicyclic amines) is 1. The van der Waals surface area contributed by atoms with E-state index in [9.17, 15) is 4.79 Å². The Balaban J connectivity index is 2.72. The first-order chi connectivity index (χ1) is 6.50. The summed E-state index contributed by atoms with van der Waals surface area (Å²) < 4.78 is 0. The van der Waals surface area contributed by atoms with Gasteiger partial charge in [-0.2, -0.15) is 0 Å². The molecule has 0 radical (unpaired) electrons. The van der Waals surface area contributed by atoms with Gasteiger partial charge in [0.25, 0.3) is 0 Å². The summed E-state index contributed by atoms with van der Waals surface area (Å²) in [4.78, 5) is 13.0. The van der Waals surface area contributed by atoms with Gasteiger partial charge >= 0.3 is 5.97 Å². The normalized spacial score (nSPS) is 34.4. The number of piperidine rings is 1. The Bertz CT molecular complexity index is 220. The van der Waals surface area contributed by atoms with E-state index in [1.807, 2.05) is 0 Å². The first kappa shape index (κ1) is 11.5. The number of rotatable bonds is 3. The minimum absolute atomic E-state index is 0.182. The van der Waals surface area contributed by atoms with E-state index in [0.29, 0.717) is 12.5 Å². The van der Waals surface area contributed by atoms with Crippen LogP contribution < -0.4 is 5.73 Å². The van der Waals surface area contributed by atoms with Crippen molar-refractivity contribution >= 4 is 5.97 Å². The fourth-order valence-corrected chi connectivity index (χ4v) is 2.35. The van der Waals surface area contributed by atoms with Gasteiger partial charge in [-0.1, -0.05) is 6.92 Å². The topological polar surface area (TPSA) is 66.6 Å². The molecule has 0 saturated carbocycles. The molecule has 3 N–H and O–H groups in total. The van der Waals surface area contributed by atoms with Gasteiger partial charge in [0.2, 0.25) is 0 Å². The number of hydrogen-bond acceptors (Lipinski definition) is 3. The molecule has 4 heteroatoms. The summed E-state index contributed by atoms with van der Waals surface area (Å²) in [6.07, 6.45) is 1.10. The van der Waals surface area contributed by atoms with E-state index >= 15 is 0 Å². The number of carboxylic acids is 1.